The Bertz CT molecular complexity index is 1270. The van der Waals surface area contributed by atoms with Crippen molar-refractivity contribution < 1.29 is 9.47 Å². The molecule has 0 bridgehead atoms. The number of anilines is 3. The molecule has 1 N–H and O–H groups in total. The van der Waals surface area contributed by atoms with Crippen molar-refractivity contribution in [2.45, 2.75) is 0 Å². The van der Waals surface area contributed by atoms with Gasteiger partial charge in [-0.25, -0.2) is 9.97 Å². The Kier molecular flexibility index (Phi) is 7.07. The molecule has 180 valence electrons. The molecule has 1 aliphatic heterocycles. The Labute approximate surface area is 206 Å². The fraction of sp³-hybridized carbons (Fsp3) is 0.286. The summed E-state index contributed by atoms with van der Waals surface area (Å²) in [5.74, 6) is 1.45. The minimum absolute atomic E-state index is 0.578. The van der Waals surface area contributed by atoms with Crippen LogP contribution in [-0.2, 0) is 4.74 Å². The van der Waals surface area contributed by atoms with Gasteiger partial charge in [-0.05, 0) is 43.9 Å². The van der Waals surface area contributed by atoms with Crippen LogP contribution < -0.4 is 15.0 Å². The van der Waals surface area contributed by atoms with E-state index < -0.39 is 0 Å². The van der Waals surface area contributed by atoms with Crippen LogP contribution in [-0.4, -0.2) is 68.4 Å². The summed E-state index contributed by atoms with van der Waals surface area (Å²) < 4.78 is 11.4. The first-order chi connectivity index (χ1) is 17.2. The summed E-state index contributed by atoms with van der Waals surface area (Å²) in [7, 11) is 4.08. The highest BCUT2D eigenvalue weighted by molar-refractivity contribution is 5.94. The smallest absolute Gasteiger partial charge is 0.227 e. The summed E-state index contributed by atoms with van der Waals surface area (Å²) in [6.45, 7) is 4.76. The molecule has 1 aliphatic rings. The third-order valence-corrected chi connectivity index (χ3v) is 6.09. The molecule has 0 atom stereocenters. The van der Waals surface area contributed by atoms with E-state index in [1.807, 2.05) is 50.6 Å². The number of nitrogens with zero attached hydrogens (tertiary/aromatic N) is 4. The number of aromatic nitrogens is 2. The molecule has 0 amide bonds. The van der Waals surface area contributed by atoms with Gasteiger partial charge in [0, 0.05) is 36.8 Å². The molecule has 1 saturated heterocycles. The lowest BCUT2D eigenvalue weighted by molar-refractivity contribution is 0.123. The van der Waals surface area contributed by atoms with Crippen molar-refractivity contribution in [2.24, 2.45) is 0 Å². The molecule has 1 fully saturated rings. The number of hydrogen-bond donors (Lipinski definition) is 1. The number of likely N-dealkylation sites (N-methyl/N-ethyl adjacent to an activating group) is 1. The van der Waals surface area contributed by atoms with E-state index in [2.05, 4.69) is 56.5 Å². The van der Waals surface area contributed by atoms with Crippen LogP contribution in [0.4, 0.5) is 17.3 Å². The molecule has 0 radical (unpaired) electrons. The number of morpholine rings is 1. The molecule has 3 aromatic carbocycles. The molecule has 2 heterocycles. The van der Waals surface area contributed by atoms with Crippen LogP contribution in [0.2, 0.25) is 0 Å². The van der Waals surface area contributed by atoms with Crippen LogP contribution in [0.3, 0.4) is 0 Å². The fourth-order valence-electron chi connectivity index (χ4n) is 4.21. The molecule has 0 saturated carbocycles. The number of rotatable bonds is 8. The summed E-state index contributed by atoms with van der Waals surface area (Å²) in [4.78, 5) is 14.0. The molecule has 4 aromatic rings. The van der Waals surface area contributed by atoms with E-state index in [0.29, 0.717) is 12.6 Å². The lowest BCUT2D eigenvalue weighted by Crippen LogP contribution is -2.36. The minimum atomic E-state index is 0.578. The molecule has 0 spiro atoms. The van der Waals surface area contributed by atoms with Crippen molar-refractivity contribution in [2.75, 3.05) is 63.8 Å². The molecule has 5 rings (SSSR count). The van der Waals surface area contributed by atoms with Gasteiger partial charge in [0.15, 0.2) is 0 Å². The first kappa shape index (κ1) is 23.1. The van der Waals surface area contributed by atoms with Gasteiger partial charge in [0.1, 0.15) is 12.4 Å². The standard InChI is InChI=1S/C28H31N5O2/c1-32(2)14-19-35-23-12-10-21(11-13-23)24-7-5-6-22-20-29-28(31-27(22)24)30-25-8-3-4-9-26(25)33-15-17-34-18-16-33/h3-13,20H,14-19H2,1-2H3,(H,29,30,31). The van der Waals surface area contributed by atoms with Crippen LogP contribution in [0.5, 0.6) is 5.75 Å². The summed E-state index contributed by atoms with van der Waals surface area (Å²) in [5.41, 5.74) is 5.20. The van der Waals surface area contributed by atoms with Crippen LogP contribution in [0.15, 0.2) is 72.9 Å². The van der Waals surface area contributed by atoms with Gasteiger partial charge in [-0.3, -0.25) is 0 Å². The number of fused-ring (bicyclic) bond motifs is 1. The van der Waals surface area contributed by atoms with Crippen molar-refractivity contribution in [3.8, 4) is 16.9 Å². The second-order valence-electron chi connectivity index (χ2n) is 8.85. The predicted octanol–water partition coefficient (Wildman–Crippen LogP) is 4.82. The Hall–Kier alpha value is -3.68. The molecular formula is C28H31N5O2. The number of para-hydroxylation sites is 3. The van der Waals surface area contributed by atoms with Gasteiger partial charge in [0.25, 0.3) is 0 Å². The topological polar surface area (TPSA) is 62.8 Å². The highest BCUT2D eigenvalue weighted by atomic mass is 16.5. The lowest BCUT2D eigenvalue weighted by atomic mass is 10.0. The van der Waals surface area contributed by atoms with Gasteiger partial charge in [0.2, 0.25) is 5.95 Å². The maximum absolute atomic E-state index is 5.85. The maximum atomic E-state index is 5.85. The third-order valence-electron chi connectivity index (χ3n) is 6.09. The zero-order chi connectivity index (χ0) is 24.0. The SMILES string of the molecule is CN(C)CCOc1ccc(-c2cccc3cnc(Nc4ccccc4N4CCOCC4)nc23)cc1. The van der Waals surface area contributed by atoms with E-state index in [0.717, 1.165) is 72.0 Å². The Balaban J connectivity index is 1.40. The first-order valence-corrected chi connectivity index (χ1v) is 12.0. The molecule has 7 heteroatoms. The zero-order valence-corrected chi connectivity index (χ0v) is 20.3. The lowest BCUT2D eigenvalue weighted by Gasteiger charge is -2.30. The molecule has 35 heavy (non-hydrogen) atoms. The quantitative estimate of drug-likeness (QED) is 0.397. The Morgan fingerprint density at radius 3 is 2.57 bits per heavy atom. The van der Waals surface area contributed by atoms with Crippen molar-refractivity contribution in [3.63, 3.8) is 0 Å². The fourth-order valence-corrected chi connectivity index (χ4v) is 4.21. The van der Waals surface area contributed by atoms with Gasteiger partial charge in [-0.2, -0.15) is 0 Å². The van der Waals surface area contributed by atoms with Gasteiger partial charge in [0.05, 0.1) is 30.1 Å². The first-order valence-electron chi connectivity index (χ1n) is 12.0. The highest BCUT2D eigenvalue weighted by Gasteiger charge is 2.15. The van der Waals surface area contributed by atoms with E-state index in [-0.39, 0.29) is 0 Å². The number of ether oxygens (including phenoxy) is 2. The number of nitrogens with one attached hydrogen (secondary N) is 1. The van der Waals surface area contributed by atoms with E-state index in [9.17, 15) is 0 Å². The summed E-state index contributed by atoms with van der Waals surface area (Å²) in [6, 6.07) is 22.7. The average Bonchev–Trinajstić information content (AvgIpc) is 2.89. The zero-order valence-electron chi connectivity index (χ0n) is 20.3. The monoisotopic (exact) mass is 469 g/mol. The van der Waals surface area contributed by atoms with Crippen molar-refractivity contribution in [1.29, 1.82) is 0 Å². The molecule has 1 aromatic heterocycles. The molecule has 0 unspecified atom stereocenters. The van der Waals surface area contributed by atoms with Gasteiger partial charge < -0.3 is 24.6 Å². The minimum Gasteiger partial charge on any atom is -0.492 e. The van der Waals surface area contributed by atoms with Crippen LogP contribution in [0.25, 0.3) is 22.0 Å². The average molecular weight is 470 g/mol. The molecule has 0 aliphatic carbocycles. The maximum Gasteiger partial charge on any atom is 0.227 e. The Morgan fingerprint density at radius 2 is 1.77 bits per heavy atom. The van der Waals surface area contributed by atoms with E-state index in [1.165, 1.54) is 0 Å². The second-order valence-corrected chi connectivity index (χ2v) is 8.85. The Morgan fingerprint density at radius 1 is 0.971 bits per heavy atom. The van der Waals surface area contributed by atoms with Gasteiger partial charge in [-0.1, -0.05) is 42.5 Å². The third kappa shape index (κ3) is 5.53. The molecule has 7 nitrogen and oxygen atoms in total. The predicted molar refractivity (Wildman–Crippen MR) is 142 cm³/mol. The molecular weight excluding hydrogens is 438 g/mol. The second kappa shape index (κ2) is 10.7. The van der Waals surface area contributed by atoms with E-state index >= 15 is 0 Å². The number of benzene rings is 3. The van der Waals surface area contributed by atoms with Gasteiger partial charge in [-0.15, -0.1) is 0 Å². The number of hydrogen-bond acceptors (Lipinski definition) is 7. The van der Waals surface area contributed by atoms with Gasteiger partial charge >= 0.3 is 0 Å². The summed E-state index contributed by atoms with van der Waals surface area (Å²) >= 11 is 0. The normalized spacial score (nSPS) is 13.9. The van der Waals surface area contributed by atoms with Crippen molar-refractivity contribution in [3.05, 3.63) is 72.9 Å². The summed E-state index contributed by atoms with van der Waals surface area (Å²) in [5, 5.41) is 4.45. The summed E-state index contributed by atoms with van der Waals surface area (Å²) in [6.07, 6.45) is 1.88. The van der Waals surface area contributed by atoms with Crippen LogP contribution in [0, 0.1) is 0 Å². The van der Waals surface area contributed by atoms with Crippen molar-refractivity contribution >= 4 is 28.2 Å². The van der Waals surface area contributed by atoms with Crippen LogP contribution >= 0.6 is 0 Å². The highest BCUT2D eigenvalue weighted by Crippen LogP contribution is 2.31. The van der Waals surface area contributed by atoms with Crippen LogP contribution in [0.1, 0.15) is 0 Å². The van der Waals surface area contributed by atoms with E-state index in [1.54, 1.807) is 0 Å². The largest absolute Gasteiger partial charge is 0.492 e. The van der Waals surface area contributed by atoms with E-state index in [4.69, 9.17) is 14.5 Å². The van der Waals surface area contributed by atoms with Crippen molar-refractivity contribution in [1.82, 2.24) is 14.9 Å².